The molecular weight excluding hydrogens is 532 g/mol. The molecule has 1 aromatic heterocycles. The number of benzene rings is 2. The average molecular weight is 558 g/mol. The molecule has 0 bridgehead atoms. The quantitative estimate of drug-likeness (QED) is 0.275. The van der Waals surface area contributed by atoms with Crippen LogP contribution in [0, 0.1) is 13.8 Å². The number of fused-ring (bicyclic) bond motifs is 3. The van der Waals surface area contributed by atoms with Gasteiger partial charge in [0, 0.05) is 29.4 Å². The zero-order valence-corrected chi connectivity index (χ0v) is 23.3. The van der Waals surface area contributed by atoms with Crippen LogP contribution in [0.2, 0.25) is 13.1 Å². The SMILES string of the molecule is CC1=Cc2c(Br)cccc2C1[Si](C)(C)C1=C(C)Cc2c1cc1sc(C)c(C)c1c2Br. The van der Waals surface area contributed by atoms with E-state index >= 15 is 0 Å². The first-order valence-electron chi connectivity index (χ1n) is 10.5. The third-order valence-electron chi connectivity index (χ3n) is 7.23. The lowest BCUT2D eigenvalue weighted by atomic mass is 10.0. The van der Waals surface area contributed by atoms with Gasteiger partial charge in [0.15, 0.2) is 0 Å². The van der Waals surface area contributed by atoms with Gasteiger partial charge in [0.05, 0.1) is 8.07 Å². The Morgan fingerprint density at radius 2 is 1.80 bits per heavy atom. The molecule has 3 aromatic rings. The van der Waals surface area contributed by atoms with Crippen molar-refractivity contribution in [2.45, 2.75) is 52.8 Å². The summed E-state index contributed by atoms with van der Waals surface area (Å²) in [6, 6.07) is 9.23. The van der Waals surface area contributed by atoms with E-state index in [4.69, 9.17) is 0 Å². The van der Waals surface area contributed by atoms with Gasteiger partial charge in [0.2, 0.25) is 0 Å². The van der Waals surface area contributed by atoms with Gasteiger partial charge in [-0.3, -0.25) is 0 Å². The summed E-state index contributed by atoms with van der Waals surface area (Å²) in [6.07, 6.45) is 3.49. The zero-order chi connectivity index (χ0) is 21.5. The Kier molecular flexibility index (Phi) is 4.90. The van der Waals surface area contributed by atoms with Crippen LogP contribution in [0.5, 0.6) is 0 Å². The first-order chi connectivity index (χ1) is 14.1. The van der Waals surface area contributed by atoms with Gasteiger partial charge in [0.1, 0.15) is 0 Å². The van der Waals surface area contributed by atoms with E-state index in [0.29, 0.717) is 5.54 Å². The molecule has 2 aromatic carbocycles. The zero-order valence-electron chi connectivity index (χ0n) is 18.3. The van der Waals surface area contributed by atoms with Gasteiger partial charge < -0.3 is 0 Å². The monoisotopic (exact) mass is 556 g/mol. The van der Waals surface area contributed by atoms with E-state index in [1.54, 1.807) is 10.8 Å². The van der Waals surface area contributed by atoms with E-state index in [0.717, 1.165) is 6.42 Å². The second-order valence-corrected chi connectivity index (χ2v) is 16.9. The van der Waals surface area contributed by atoms with Crippen LogP contribution < -0.4 is 0 Å². The Morgan fingerprint density at radius 3 is 2.53 bits per heavy atom. The summed E-state index contributed by atoms with van der Waals surface area (Å²) < 4.78 is 3.98. The van der Waals surface area contributed by atoms with Crippen LogP contribution in [-0.2, 0) is 6.42 Å². The van der Waals surface area contributed by atoms with E-state index in [2.05, 4.69) is 103 Å². The van der Waals surface area contributed by atoms with Crippen LogP contribution in [0.1, 0.15) is 52.1 Å². The maximum atomic E-state index is 4.03. The standard InChI is InChI=1S/C26H26Br2SSi/c1-13-10-18-17(8-7-9-21(18)27)25(13)30(5,6)26-14(2)11-19-20(26)12-22-23(24(19)28)15(3)16(4)29-22/h7-10,12,25H,11H2,1-6H3. The first kappa shape index (κ1) is 20.9. The smallest absolute Gasteiger partial charge is 0.0930 e. The summed E-state index contributed by atoms with van der Waals surface area (Å²) in [4.78, 5) is 1.43. The molecular formula is C26H26Br2SSi. The summed E-state index contributed by atoms with van der Waals surface area (Å²) in [5.41, 5.74) is 11.0. The molecule has 1 heterocycles. The minimum absolute atomic E-state index is 0.530. The fourth-order valence-corrected chi connectivity index (χ4v) is 13.3. The van der Waals surface area contributed by atoms with Crippen LogP contribution >= 0.6 is 43.2 Å². The second kappa shape index (κ2) is 7.03. The summed E-state index contributed by atoms with van der Waals surface area (Å²) in [5, 5.41) is 3.10. The van der Waals surface area contributed by atoms with E-state index in [9.17, 15) is 0 Å². The van der Waals surface area contributed by atoms with Gasteiger partial charge in [0.25, 0.3) is 0 Å². The van der Waals surface area contributed by atoms with E-state index in [-0.39, 0.29) is 0 Å². The van der Waals surface area contributed by atoms with Crippen LogP contribution in [0.15, 0.2) is 44.4 Å². The molecule has 2 aliphatic rings. The Labute approximate surface area is 201 Å². The molecule has 0 aliphatic heterocycles. The number of hydrogen-bond donors (Lipinski definition) is 0. The Morgan fingerprint density at radius 1 is 1.07 bits per heavy atom. The van der Waals surface area contributed by atoms with Gasteiger partial charge in [-0.25, -0.2) is 0 Å². The highest BCUT2D eigenvalue weighted by atomic mass is 79.9. The number of hydrogen-bond acceptors (Lipinski definition) is 1. The van der Waals surface area contributed by atoms with Crippen molar-refractivity contribution in [1.29, 1.82) is 0 Å². The van der Waals surface area contributed by atoms with Crippen molar-refractivity contribution in [3.05, 3.63) is 77.1 Å². The van der Waals surface area contributed by atoms with Crippen molar-refractivity contribution in [2.75, 3.05) is 0 Å². The third-order valence-corrected chi connectivity index (χ3v) is 14.1. The van der Waals surface area contributed by atoms with Crippen LogP contribution in [0.3, 0.4) is 0 Å². The van der Waals surface area contributed by atoms with E-state index in [1.807, 2.05) is 11.3 Å². The Hall–Kier alpha value is -0.943. The van der Waals surface area contributed by atoms with Crippen LogP contribution in [0.25, 0.3) is 21.4 Å². The van der Waals surface area contributed by atoms with Gasteiger partial charge in [-0.2, -0.15) is 0 Å². The fraction of sp³-hybridized carbons (Fsp3) is 0.308. The maximum absolute atomic E-state index is 4.03. The van der Waals surface area contributed by atoms with Gasteiger partial charge >= 0.3 is 0 Å². The topological polar surface area (TPSA) is 0 Å². The molecule has 0 nitrogen and oxygen atoms in total. The van der Waals surface area contributed by atoms with Gasteiger partial charge in [-0.1, -0.05) is 63.6 Å². The third kappa shape index (κ3) is 2.80. The normalized spacial score (nSPS) is 18.3. The number of thiophene rings is 1. The molecule has 0 saturated heterocycles. The molecule has 0 fully saturated rings. The van der Waals surface area contributed by atoms with E-state index in [1.165, 1.54) is 57.3 Å². The number of rotatable bonds is 2. The van der Waals surface area contributed by atoms with E-state index < -0.39 is 8.07 Å². The molecule has 1 atom stereocenters. The van der Waals surface area contributed by atoms with Crippen LogP contribution in [0.4, 0.5) is 0 Å². The molecule has 0 saturated carbocycles. The minimum Gasteiger partial charge on any atom is -0.140 e. The van der Waals surface area contributed by atoms with Crippen LogP contribution in [-0.4, -0.2) is 8.07 Å². The van der Waals surface area contributed by atoms with Crippen molar-refractivity contribution in [3.63, 3.8) is 0 Å². The summed E-state index contributed by atoms with van der Waals surface area (Å²) in [5.74, 6) is 0. The highest BCUT2D eigenvalue weighted by molar-refractivity contribution is 9.11. The van der Waals surface area contributed by atoms with Crippen molar-refractivity contribution in [3.8, 4) is 0 Å². The summed E-state index contributed by atoms with van der Waals surface area (Å²) in [7, 11) is -1.83. The molecule has 2 aliphatic carbocycles. The Bertz CT molecular complexity index is 1310. The number of halogens is 2. The lowest BCUT2D eigenvalue weighted by molar-refractivity contribution is 1.08. The average Bonchev–Trinajstić information content (AvgIpc) is 3.28. The summed E-state index contributed by atoms with van der Waals surface area (Å²) in [6.45, 7) is 14.4. The number of allylic oxidation sites excluding steroid dienone is 2. The summed E-state index contributed by atoms with van der Waals surface area (Å²) >= 11 is 9.76. The van der Waals surface area contributed by atoms with Crippen molar-refractivity contribution >= 4 is 72.6 Å². The Balaban J connectivity index is 1.71. The largest absolute Gasteiger partial charge is 0.140 e. The van der Waals surface area contributed by atoms with Crippen molar-refractivity contribution in [2.24, 2.45) is 0 Å². The molecule has 154 valence electrons. The lowest BCUT2D eigenvalue weighted by Crippen LogP contribution is -2.37. The minimum atomic E-state index is -1.83. The predicted molar refractivity (Wildman–Crippen MR) is 143 cm³/mol. The highest BCUT2D eigenvalue weighted by Crippen LogP contribution is 2.53. The van der Waals surface area contributed by atoms with Gasteiger partial charge in [-0.05, 0) is 90.0 Å². The molecule has 0 spiro atoms. The first-order valence-corrected chi connectivity index (χ1v) is 16.0. The predicted octanol–water partition coefficient (Wildman–Crippen LogP) is 9.36. The molecule has 0 amide bonds. The van der Waals surface area contributed by atoms with Gasteiger partial charge in [-0.15, -0.1) is 11.3 Å². The molecule has 1 unspecified atom stereocenters. The lowest BCUT2D eigenvalue weighted by Gasteiger charge is -2.35. The highest BCUT2D eigenvalue weighted by Gasteiger charge is 2.44. The fourth-order valence-electron chi connectivity index (χ4n) is 6.01. The molecule has 4 heteroatoms. The van der Waals surface area contributed by atoms with Crippen molar-refractivity contribution in [1.82, 2.24) is 0 Å². The van der Waals surface area contributed by atoms with Crippen molar-refractivity contribution < 1.29 is 0 Å². The molecule has 0 N–H and O–H groups in total. The molecule has 5 rings (SSSR count). The number of aryl methyl sites for hydroxylation is 2. The second-order valence-electron chi connectivity index (χ2n) is 9.49. The maximum Gasteiger partial charge on any atom is 0.0930 e. The molecule has 30 heavy (non-hydrogen) atoms. The molecule has 0 radical (unpaired) electrons.